The predicted molar refractivity (Wildman–Crippen MR) is 134 cm³/mol. The number of amides is 1. The number of aryl methyl sites for hydroxylation is 2. The quantitative estimate of drug-likeness (QED) is 0.304. The molecule has 36 heavy (non-hydrogen) atoms. The van der Waals surface area contributed by atoms with Gasteiger partial charge in [0.1, 0.15) is 5.75 Å². The number of anilines is 1. The lowest BCUT2D eigenvalue weighted by atomic mass is 10.1. The fourth-order valence-corrected chi connectivity index (χ4v) is 3.52. The molecule has 4 rings (SSSR count). The summed E-state index contributed by atoms with van der Waals surface area (Å²) >= 11 is 0. The zero-order chi connectivity index (χ0) is 25.3. The molecule has 8 nitrogen and oxygen atoms in total. The Hall–Kier alpha value is -4.46. The highest BCUT2D eigenvalue weighted by molar-refractivity contribution is 5.97. The molecule has 0 saturated heterocycles. The topological polar surface area (TPSA) is 104 Å². The lowest BCUT2D eigenvalue weighted by Gasteiger charge is -2.19. The molecule has 0 spiro atoms. The van der Waals surface area contributed by atoms with Crippen LogP contribution < -0.4 is 10.1 Å². The Morgan fingerprint density at radius 3 is 2.42 bits per heavy atom. The molecule has 1 atom stereocenters. The number of carbonyl (C=O) groups excluding carboxylic acids is 2. The van der Waals surface area contributed by atoms with Gasteiger partial charge in [-0.05, 0) is 38.1 Å². The van der Waals surface area contributed by atoms with Gasteiger partial charge in [0.25, 0.3) is 5.91 Å². The number of nitrogens with one attached hydrogen (secondary N) is 1. The van der Waals surface area contributed by atoms with Crippen molar-refractivity contribution in [3.8, 4) is 17.2 Å². The van der Waals surface area contributed by atoms with Crippen LogP contribution in [0.1, 0.15) is 36.5 Å². The summed E-state index contributed by atoms with van der Waals surface area (Å²) in [4.78, 5) is 25.9. The van der Waals surface area contributed by atoms with Crippen LogP contribution in [-0.2, 0) is 20.7 Å². The summed E-state index contributed by atoms with van der Waals surface area (Å²) in [5.74, 6) is 0.183. The van der Waals surface area contributed by atoms with Gasteiger partial charge in [0.2, 0.25) is 17.9 Å². The van der Waals surface area contributed by atoms with Crippen molar-refractivity contribution < 1.29 is 23.5 Å². The van der Waals surface area contributed by atoms with Gasteiger partial charge in [-0.3, -0.25) is 9.59 Å². The summed E-state index contributed by atoms with van der Waals surface area (Å²) in [6.07, 6.45) is -0.977. The molecule has 3 aromatic carbocycles. The van der Waals surface area contributed by atoms with Crippen molar-refractivity contribution in [2.75, 3.05) is 11.9 Å². The third-order valence-corrected chi connectivity index (χ3v) is 5.34. The van der Waals surface area contributed by atoms with E-state index in [-0.39, 0.29) is 12.8 Å². The maximum Gasteiger partial charge on any atom is 0.307 e. The van der Waals surface area contributed by atoms with Gasteiger partial charge in [-0.2, -0.15) is 0 Å². The smallest absolute Gasteiger partial charge is 0.307 e. The van der Waals surface area contributed by atoms with E-state index in [4.69, 9.17) is 13.9 Å². The molecule has 4 aromatic rings. The monoisotopic (exact) mass is 485 g/mol. The van der Waals surface area contributed by atoms with Crippen LogP contribution in [0, 0.1) is 6.92 Å². The van der Waals surface area contributed by atoms with Gasteiger partial charge in [0.05, 0.1) is 18.7 Å². The molecule has 1 unspecified atom stereocenters. The summed E-state index contributed by atoms with van der Waals surface area (Å²) in [6, 6.07) is 23.7. The van der Waals surface area contributed by atoms with E-state index >= 15 is 0 Å². The van der Waals surface area contributed by atoms with E-state index in [2.05, 4.69) is 15.5 Å². The van der Waals surface area contributed by atoms with Crippen molar-refractivity contribution in [1.82, 2.24) is 10.2 Å². The first-order valence-electron chi connectivity index (χ1n) is 11.7. The van der Waals surface area contributed by atoms with Crippen LogP contribution in [0.25, 0.3) is 11.5 Å². The minimum atomic E-state index is -1.14. The Balaban J connectivity index is 1.42. The van der Waals surface area contributed by atoms with Gasteiger partial charge in [0.15, 0.2) is 0 Å². The van der Waals surface area contributed by atoms with Crippen molar-refractivity contribution in [3.05, 3.63) is 95.9 Å². The third kappa shape index (κ3) is 6.35. The number of rotatable bonds is 10. The Morgan fingerprint density at radius 2 is 1.67 bits per heavy atom. The minimum absolute atomic E-state index is 0.0261. The van der Waals surface area contributed by atoms with Crippen molar-refractivity contribution in [3.63, 3.8) is 0 Å². The molecule has 0 aliphatic heterocycles. The number of nitrogens with zero attached hydrogens (tertiary/aromatic N) is 2. The molecule has 0 aliphatic carbocycles. The Bertz CT molecular complexity index is 1300. The number of ether oxygens (including phenoxy) is 2. The van der Waals surface area contributed by atoms with Gasteiger partial charge in [-0.15, -0.1) is 10.2 Å². The number of aromatic nitrogens is 2. The molecule has 184 valence electrons. The van der Waals surface area contributed by atoms with E-state index < -0.39 is 18.0 Å². The van der Waals surface area contributed by atoms with Crippen LogP contribution >= 0.6 is 0 Å². The summed E-state index contributed by atoms with van der Waals surface area (Å²) < 4.78 is 16.9. The first-order valence-corrected chi connectivity index (χ1v) is 11.7. The van der Waals surface area contributed by atoms with Crippen LogP contribution in [0.5, 0.6) is 5.75 Å². The van der Waals surface area contributed by atoms with Gasteiger partial charge in [0, 0.05) is 17.5 Å². The Kier molecular flexibility index (Phi) is 8.08. The fraction of sp³-hybridized carbons (Fsp3) is 0.214. The van der Waals surface area contributed by atoms with Crippen LogP contribution in [0.3, 0.4) is 0 Å². The second kappa shape index (κ2) is 11.8. The maximum absolute atomic E-state index is 13.2. The second-order valence-corrected chi connectivity index (χ2v) is 8.07. The largest absolute Gasteiger partial charge is 0.492 e. The molecular weight excluding hydrogens is 458 g/mol. The minimum Gasteiger partial charge on any atom is -0.492 e. The molecule has 0 radical (unpaired) electrons. The zero-order valence-electron chi connectivity index (χ0n) is 20.1. The number of hydrogen-bond donors (Lipinski definition) is 1. The molecule has 1 amide bonds. The van der Waals surface area contributed by atoms with E-state index in [1.165, 1.54) is 0 Å². The normalized spacial score (nSPS) is 11.5. The van der Waals surface area contributed by atoms with E-state index in [9.17, 15) is 9.59 Å². The van der Waals surface area contributed by atoms with Crippen LogP contribution in [0.4, 0.5) is 5.69 Å². The van der Waals surface area contributed by atoms with Crippen LogP contribution in [0.2, 0.25) is 0 Å². The number of para-hydroxylation sites is 2. The highest BCUT2D eigenvalue weighted by Crippen LogP contribution is 2.27. The molecule has 0 fully saturated rings. The van der Waals surface area contributed by atoms with E-state index in [0.29, 0.717) is 35.4 Å². The lowest BCUT2D eigenvalue weighted by Crippen LogP contribution is -2.26. The maximum atomic E-state index is 13.2. The van der Waals surface area contributed by atoms with Crippen LogP contribution in [-0.4, -0.2) is 28.7 Å². The van der Waals surface area contributed by atoms with Gasteiger partial charge in [-0.1, -0.05) is 60.2 Å². The van der Waals surface area contributed by atoms with E-state index in [1.54, 1.807) is 42.5 Å². The molecule has 1 heterocycles. The SMILES string of the molecule is CCOc1ccccc1NC(=O)C(OC(=O)CCc1nnc(-c2ccc(C)cc2)o1)c1ccccc1. The Morgan fingerprint density at radius 1 is 0.944 bits per heavy atom. The van der Waals surface area contributed by atoms with Gasteiger partial charge < -0.3 is 19.2 Å². The van der Waals surface area contributed by atoms with Gasteiger partial charge >= 0.3 is 5.97 Å². The van der Waals surface area contributed by atoms with Gasteiger partial charge in [-0.25, -0.2) is 0 Å². The molecule has 1 aromatic heterocycles. The summed E-state index contributed by atoms with van der Waals surface area (Å²) in [7, 11) is 0. The molecule has 0 bridgehead atoms. The molecular formula is C28H27N3O5. The second-order valence-electron chi connectivity index (χ2n) is 8.07. The van der Waals surface area contributed by atoms with Crippen molar-refractivity contribution in [2.45, 2.75) is 32.8 Å². The highest BCUT2D eigenvalue weighted by Gasteiger charge is 2.26. The first kappa shape index (κ1) is 24.7. The highest BCUT2D eigenvalue weighted by atomic mass is 16.5. The van der Waals surface area contributed by atoms with Crippen molar-refractivity contribution in [1.29, 1.82) is 0 Å². The number of benzene rings is 3. The number of carbonyl (C=O) groups is 2. The Labute approximate surface area is 209 Å². The molecule has 0 saturated carbocycles. The zero-order valence-corrected chi connectivity index (χ0v) is 20.1. The lowest BCUT2D eigenvalue weighted by molar-refractivity contribution is -0.154. The average molecular weight is 486 g/mol. The first-order chi connectivity index (χ1) is 17.5. The van der Waals surface area contributed by atoms with Crippen molar-refractivity contribution in [2.24, 2.45) is 0 Å². The number of hydrogen-bond acceptors (Lipinski definition) is 7. The number of esters is 1. The van der Waals surface area contributed by atoms with E-state index in [0.717, 1.165) is 11.1 Å². The summed E-state index contributed by atoms with van der Waals surface area (Å²) in [5.41, 5.74) is 2.97. The molecule has 8 heteroatoms. The standard InChI is InChI=1S/C28H27N3O5/c1-3-34-23-12-8-7-11-22(23)29-27(33)26(20-9-5-4-6-10-20)36-25(32)18-17-24-30-31-28(35-24)21-15-13-19(2)14-16-21/h4-16,26H,3,17-18H2,1-2H3,(H,29,33). The third-order valence-electron chi connectivity index (χ3n) is 5.34. The van der Waals surface area contributed by atoms with E-state index in [1.807, 2.05) is 50.2 Å². The molecule has 0 aliphatic rings. The summed E-state index contributed by atoms with van der Waals surface area (Å²) in [5, 5.41) is 10.9. The predicted octanol–water partition coefficient (Wildman–Crippen LogP) is 5.30. The fourth-order valence-electron chi connectivity index (χ4n) is 3.52. The molecule has 1 N–H and O–H groups in total. The van der Waals surface area contributed by atoms with Crippen molar-refractivity contribution >= 4 is 17.6 Å². The average Bonchev–Trinajstić information content (AvgIpc) is 3.37. The van der Waals surface area contributed by atoms with Crippen LogP contribution in [0.15, 0.2) is 83.3 Å². The summed E-state index contributed by atoms with van der Waals surface area (Å²) in [6.45, 7) is 4.31.